The molecule has 3 unspecified atom stereocenters. The Kier molecular flexibility index (Phi) is 5.68. The average Bonchev–Trinajstić information content (AvgIpc) is 2.43. The van der Waals surface area contributed by atoms with Gasteiger partial charge in [0.2, 0.25) is 0 Å². The van der Waals surface area contributed by atoms with E-state index < -0.39 is 0 Å². The van der Waals surface area contributed by atoms with Crippen LogP contribution in [0.25, 0.3) is 0 Å². The molecule has 2 nitrogen and oxygen atoms in total. The molecule has 0 radical (unpaired) electrons. The van der Waals surface area contributed by atoms with E-state index in [-0.39, 0.29) is 6.10 Å². The molecule has 0 saturated carbocycles. The average molecular weight is 239 g/mol. The number of ether oxygens (including phenoxy) is 1. The molecule has 100 valence electrons. The predicted molar refractivity (Wildman–Crippen MR) is 74.3 cm³/mol. The summed E-state index contributed by atoms with van der Waals surface area (Å²) in [7, 11) is 2.19. The summed E-state index contributed by atoms with van der Waals surface area (Å²) in [5, 5.41) is 0. The zero-order valence-electron chi connectivity index (χ0n) is 12.2. The van der Waals surface area contributed by atoms with Gasteiger partial charge in [0.05, 0.1) is 6.10 Å². The van der Waals surface area contributed by atoms with Crippen molar-refractivity contribution in [2.75, 3.05) is 13.7 Å². The van der Waals surface area contributed by atoms with Crippen LogP contribution in [0.1, 0.15) is 47.0 Å². The molecule has 17 heavy (non-hydrogen) atoms. The molecule has 0 aromatic heterocycles. The molecule has 0 spiro atoms. The summed E-state index contributed by atoms with van der Waals surface area (Å²) < 4.78 is 5.96. The summed E-state index contributed by atoms with van der Waals surface area (Å²) in [6.45, 7) is 14.2. The van der Waals surface area contributed by atoms with Gasteiger partial charge in [-0.1, -0.05) is 13.5 Å². The molecule has 1 rings (SSSR count). The first-order valence-corrected chi connectivity index (χ1v) is 6.95. The van der Waals surface area contributed by atoms with Crippen LogP contribution in [0.5, 0.6) is 0 Å². The van der Waals surface area contributed by atoms with Gasteiger partial charge in [0, 0.05) is 18.7 Å². The Labute approximate surface area is 107 Å². The van der Waals surface area contributed by atoms with E-state index in [1.165, 1.54) is 18.4 Å². The molecule has 1 aliphatic heterocycles. The van der Waals surface area contributed by atoms with Gasteiger partial charge in [0.25, 0.3) is 0 Å². The Morgan fingerprint density at radius 1 is 1.41 bits per heavy atom. The Bertz CT molecular complexity index is 249. The minimum absolute atomic E-state index is 0.253. The standard InChI is InChI=1S/C15H29NO/c1-11(2)16(6)13(4)10-15-14(5)12(3)8-7-9-17-15/h11-13,15H,5,7-10H2,1-4,6H3. The molecule has 3 atom stereocenters. The van der Waals surface area contributed by atoms with E-state index in [4.69, 9.17) is 4.74 Å². The van der Waals surface area contributed by atoms with E-state index >= 15 is 0 Å². The highest BCUT2D eigenvalue weighted by molar-refractivity contribution is 5.08. The van der Waals surface area contributed by atoms with Crippen LogP contribution >= 0.6 is 0 Å². The van der Waals surface area contributed by atoms with Crippen molar-refractivity contribution in [3.63, 3.8) is 0 Å². The van der Waals surface area contributed by atoms with Crippen LogP contribution in [-0.2, 0) is 4.74 Å². The summed E-state index contributed by atoms with van der Waals surface area (Å²) in [5.74, 6) is 0.610. The lowest BCUT2D eigenvalue weighted by atomic mass is 9.91. The molecule has 1 saturated heterocycles. The smallest absolute Gasteiger partial charge is 0.0799 e. The molecule has 1 aliphatic rings. The number of nitrogens with zero attached hydrogens (tertiary/aromatic N) is 1. The zero-order valence-corrected chi connectivity index (χ0v) is 12.2. The molecule has 0 amide bonds. The highest BCUT2D eigenvalue weighted by Gasteiger charge is 2.25. The summed E-state index contributed by atoms with van der Waals surface area (Å²) >= 11 is 0. The van der Waals surface area contributed by atoms with Gasteiger partial charge in [-0.05, 0) is 58.6 Å². The van der Waals surface area contributed by atoms with Crippen molar-refractivity contribution in [3.05, 3.63) is 12.2 Å². The highest BCUT2D eigenvalue weighted by atomic mass is 16.5. The molecule has 2 heteroatoms. The molecule has 1 heterocycles. The van der Waals surface area contributed by atoms with E-state index in [1.54, 1.807) is 0 Å². The number of hydrogen-bond acceptors (Lipinski definition) is 2. The maximum Gasteiger partial charge on any atom is 0.0799 e. The third-order valence-corrected chi connectivity index (χ3v) is 4.21. The first-order chi connectivity index (χ1) is 7.93. The molecular weight excluding hydrogens is 210 g/mol. The second-order valence-electron chi connectivity index (χ2n) is 5.82. The van der Waals surface area contributed by atoms with Crippen LogP contribution in [0.3, 0.4) is 0 Å². The van der Waals surface area contributed by atoms with Crippen molar-refractivity contribution in [3.8, 4) is 0 Å². The molecule has 0 N–H and O–H groups in total. The maximum atomic E-state index is 5.96. The van der Waals surface area contributed by atoms with Crippen LogP contribution in [-0.4, -0.2) is 36.7 Å². The number of rotatable bonds is 4. The van der Waals surface area contributed by atoms with E-state index in [9.17, 15) is 0 Å². The normalized spacial score (nSPS) is 28.5. The largest absolute Gasteiger partial charge is 0.374 e. The SMILES string of the molecule is C=C1C(C)CCCOC1CC(C)N(C)C(C)C. The fourth-order valence-electron chi connectivity index (χ4n) is 2.43. The van der Waals surface area contributed by atoms with Crippen LogP contribution in [0, 0.1) is 5.92 Å². The van der Waals surface area contributed by atoms with Gasteiger partial charge >= 0.3 is 0 Å². The first kappa shape index (κ1) is 14.7. The topological polar surface area (TPSA) is 12.5 Å². The Hall–Kier alpha value is -0.340. The van der Waals surface area contributed by atoms with Crippen molar-refractivity contribution < 1.29 is 4.74 Å². The quantitative estimate of drug-likeness (QED) is 0.696. The van der Waals surface area contributed by atoms with Gasteiger partial charge in [-0.25, -0.2) is 0 Å². The fourth-order valence-corrected chi connectivity index (χ4v) is 2.43. The molecule has 0 bridgehead atoms. The lowest BCUT2D eigenvalue weighted by Crippen LogP contribution is -2.38. The lowest BCUT2D eigenvalue weighted by Gasteiger charge is -2.32. The van der Waals surface area contributed by atoms with Crippen LogP contribution < -0.4 is 0 Å². The fraction of sp³-hybridized carbons (Fsp3) is 0.867. The van der Waals surface area contributed by atoms with Gasteiger partial charge in [-0.3, -0.25) is 0 Å². The monoisotopic (exact) mass is 239 g/mol. The van der Waals surface area contributed by atoms with E-state index in [1.807, 2.05) is 0 Å². The summed E-state index contributed by atoms with van der Waals surface area (Å²) in [4.78, 5) is 2.41. The minimum atomic E-state index is 0.253. The molecular formula is C15H29NO. The van der Waals surface area contributed by atoms with Gasteiger partial charge in [0.1, 0.15) is 0 Å². The maximum absolute atomic E-state index is 5.96. The molecule has 0 aliphatic carbocycles. The van der Waals surface area contributed by atoms with Gasteiger partial charge in [0.15, 0.2) is 0 Å². The Balaban J connectivity index is 2.56. The van der Waals surface area contributed by atoms with Crippen molar-refractivity contribution in [2.45, 2.75) is 65.1 Å². The lowest BCUT2D eigenvalue weighted by molar-refractivity contribution is 0.0530. The van der Waals surface area contributed by atoms with E-state index in [2.05, 4.69) is 46.2 Å². The van der Waals surface area contributed by atoms with Crippen LogP contribution in [0.15, 0.2) is 12.2 Å². The first-order valence-electron chi connectivity index (χ1n) is 6.95. The summed E-state index contributed by atoms with van der Waals surface area (Å²) in [6, 6.07) is 1.13. The third-order valence-electron chi connectivity index (χ3n) is 4.21. The van der Waals surface area contributed by atoms with Crippen molar-refractivity contribution in [1.82, 2.24) is 4.90 Å². The Morgan fingerprint density at radius 3 is 2.65 bits per heavy atom. The molecule has 0 aromatic rings. The van der Waals surface area contributed by atoms with Gasteiger partial charge in [-0.15, -0.1) is 0 Å². The minimum Gasteiger partial charge on any atom is -0.374 e. The zero-order chi connectivity index (χ0) is 13.0. The van der Waals surface area contributed by atoms with Crippen LogP contribution in [0.2, 0.25) is 0 Å². The highest BCUT2D eigenvalue weighted by Crippen LogP contribution is 2.27. The Morgan fingerprint density at radius 2 is 2.06 bits per heavy atom. The second-order valence-corrected chi connectivity index (χ2v) is 5.82. The van der Waals surface area contributed by atoms with E-state index in [0.717, 1.165) is 13.0 Å². The third kappa shape index (κ3) is 4.11. The summed E-state index contributed by atoms with van der Waals surface area (Å²) in [5.41, 5.74) is 1.30. The van der Waals surface area contributed by atoms with Crippen molar-refractivity contribution in [1.29, 1.82) is 0 Å². The summed E-state index contributed by atoms with van der Waals surface area (Å²) in [6.07, 6.45) is 3.72. The van der Waals surface area contributed by atoms with Crippen LogP contribution in [0.4, 0.5) is 0 Å². The van der Waals surface area contributed by atoms with E-state index in [0.29, 0.717) is 18.0 Å². The van der Waals surface area contributed by atoms with Crippen molar-refractivity contribution >= 4 is 0 Å². The predicted octanol–water partition coefficient (Wildman–Crippen LogP) is 3.48. The number of hydrogen-bond donors (Lipinski definition) is 0. The van der Waals surface area contributed by atoms with Gasteiger partial charge < -0.3 is 9.64 Å². The van der Waals surface area contributed by atoms with Crippen molar-refractivity contribution in [2.24, 2.45) is 5.92 Å². The molecule has 0 aromatic carbocycles. The second kappa shape index (κ2) is 6.55. The van der Waals surface area contributed by atoms with Gasteiger partial charge in [-0.2, -0.15) is 0 Å². The molecule has 1 fully saturated rings.